The highest BCUT2D eigenvalue weighted by Crippen LogP contribution is 2.30. The first-order valence-electron chi connectivity index (χ1n) is 5.48. The molecule has 1 heterocycles. The SMILES string of the molecule is CC(=O)c1cc(F)cc(CSc2nncn2C)c1O. The number of rotatable bonds is 4. The Kier molecular flexibility index (Phi) is 3.84. The Bertz CT molecular complexity index is 627. The molecule has 2 rings (SSSR count). The van der Waals surface area contributed by atoms with Gasteiger partial charge in [0.25, 0.3) is 0 Å². The van der Waals surface area contributed by atoms with Gasteiger partial charge in [0.1, 0.15) is 17.9 Å². The topological polar surface area (TPSA) is 68.0 Å². The van der Waals surface area contributed by atoms with Gasteiger partial charge in [-0.15, -0.1) is 10.2 Å². The number of ketones is 1. The summed E-state index contributed by atoms with van der Waals surface area (Å²) in [5.41, 5.74) is 0.353. The quantitative estimate of drug-likeness (QED) is 0.687. The molecule has 0 atom stereocenters. The Morgan fingerprint density at radius 3 is 2.84 bits per heavy atom. The summed E-state index contributed by atoms with van der Waals surface area (Å²) in [7, 11) is 1.79. The first kappa shape index (κ1) is 13.5. The number of thioether (sulfide) groups is 1. The van der Waals surface area contributed by atoms with Gasteiger partial charge in [0, 0.05) is 18.4 Å². The lowest BCUT2D eigenvalue weighted by molar-refractivity contribution is 0.101. The molecular formula is C12H12FN3O2S. The lowest BCUT2D eigenvalue weighted by Crippen LogP contribution is -1.98. The van der Waals surface area contributed by atoms with Crippen molar-refractivity contribution in [2.24, 2.45) is 7.05 Å². The largest absolute Gasteiger partial charge is 0.507 e. The van der Waals surface area contributed by atoms with Crippen LogP contribution in [-0.4, -0.2) is 25.7 Å². The van der Waals surface area contributed by atoms with Crippen LogP contribution in [0.4, 0.5) is 4.39 Å². The van der Waals surface area contributed by atoms with Gasteiger partial charge in [-0.25, -0.2) is 4.39 Å². The van der Waals surface area contributed by atoms with E-state index in [9.17, 15) is 14.3 Å². The van der Waals surface area contributed by atoms with Crippen molar-refractivity contribution >= 4 is 17.5 Å². The van der Waals surface area contributed by atoms with Crippen LogP contribution in [0.5, 0.6) is 5.75 Å². The molecule has 1 aromatic carbocycles. The minimum absolute atomic E-state index is 0.00596. The second-order valence-corrected chi connectivity index (χ2v) is 4.97. The smallest absolute Gasteiger partial charge is 0.191 e. The van der Waals surface area contributed by atoms with Crippen molar-refractivity contribution in [3.63, 3.8) is 0 Å². The lowest BCUT2D eigenvalue weighted by atomic mass is 10.1. The van der Waals surface area contributed by atoms with E-state index in [1.54, 1.807) is 17.9 Å². The third-order valence-electron chi connectivity index (χ3n) is 2.56. The zero-order valence-corrected chi connectivity index (χ0v) is 11.2. The summed E-state index contributed by atoms with van der Waals surface area (Å²) in [6.45, 7) is 1.29. The average Bonchev–Trinajstić information content (AvgIpc) is 2.75. The maximum Gasteiger partial charge on any atom is 0.191 e. The van der Waals surface area contributed by atoms with Gasteiger partial charge in [0.05, 0.1) is 5.56 Å². The zero-order valence-electron chi connectivity index (χ0n) is 10.4. The highest BCUT2D eigenvalue weighted by molar-refractivity contribution is 7.98. The summed E-state index contributed by atoms with van der Waals surface area (Å²) < 4.78 is 15.1. The molecule has 0 aliphatic rings. The molecular weight excluding hydrogens is 269 g/mol. The van der Waals surface area contributed by atoms with E-state index in [4.69, 9.17) is 0 Å². The summed E-state index contributed by atoms with van der Waals surface area (Å²) >= 11 is 1.30. The Morgan fingerprint density at radius 2 is 2.26 bits per heavy atom. The fourth-order valence-corrected chi connectivity index (χ4v) is 2.44. The maximum atomic E-state index is 13.4. The second-order valence-electron chi connectivity index (χ2n) is 4.03. The number of hydrogen-bond acceptors (Lipinski definition) is 5. The number of aryl methyl sites for hydroxylation is 1. The minimum Gasteiger partial charge on any atom is -0.507 e. The molecule has 5 nitrogen and oxygen atoms in total. The summed E-state index contributed by atoms with van der Waals surface area (Å²) in [6, 6.07) is 2.25. The van der Waals surface area contributed by atoms with E-state index < -0.39 is 5.82 Å². The standard InChI is InChI=1S/C12H12FN3O2S/c1-7(17)10-4-9(13)3-8(11(10)18)5-19-12-15-14-6-16(12)2/h3-4,6,18H,5H2,1-2H3. The minimum atomic E-state index is -0.545. The number of halogens is 1. The summed E-state index contributed by atoms with van der Waals surface area (Å²) in [6.07, 6.45) is 1.55. The normalized spacial score (nSPS) is 10.7. The fourth-order valence-electron chi connectivity index (χ4n) is 1.58. The van der Waals surface area contributed by atoms with Gasteiger partial charge in [0.2, 0.25) is 0 Å². The molecule has 0 unspecified atom stereocenters. The molecule has 1 N–H and O–H groups in total. The number of carbonyl (C=O) groups excluding carboxylic acids is 1. The van der Waals surface area contributed by atoms with Crippen LogP contribution in [0.2, 0.25) is 0 Å². The van der Waals surface area contributed by atoms with Crippen LogP contribution in [0, 0.1) is 5.82 Å². The lowest BCUT2D eigenvalue weighted by Gasteiger charge is -2.08. The second kappa shape index (κ2) is 5.40. The van der Waals surface area contributed by atoms with E-state index in [2.05, 4.69) is 10.2 Å². The zero-order chi connectivity index (χ0) is 14.0. The predicted octanol–water partition coefficient (Wildman–Crippen LogP) is 2.15. The van der Waals surface area contributed by atoms with Crippen molar-refractivity contribution in [1.82, 2.24) is 14.8 Å². The van der Waals surface area contributed by atoms with Gasteiger partial charge >= 0.3 is 0 Å². The molecule has 19 heavy (non-hydrogen) atoms. The number of carbonyl (C=O) groups is 1. The van der Waals surface area contributed by atoms with E-state index in [1.165, 1.54) is 24.8 Å². The highest BCUT2D eigenvalue weighted by Gasteiger charge is 2.14. The first-order chi connectivity index (χ1) is 8.99. The number of phenolic OH excluding ortho intramolecular Hbond substituents is 1. The number of aromatic nitrogens is 3. The van der Waals surface area contributed by atoms with E-state index in [-0.39, 0.29) is 17.1 Å². The fraction of sp³-hybridized carbons (Fsp3) is 0.250. The van der Waals surface area contributed by atoms with Crippen LogP contribution in [0.3, 0.4) is 0 Å². The van der Waals surface area contributed by atoms with Gasteiger partial charge in [-0.05, 0) is 19.1 Å². The Hall–Kier alpha value is -1.89. The van der Waals surface area contributed by atoms with Crippen molar-refractivity contribution in [3.05, 3.63) is 35.4 Å². The molecule has 0 spiro atoms. The number of hydrogen-bond donors (Lipinski definition) is 1. The summed E-state index contributed by atoms with van der Waals surface area (Å²) in [5, 5.41) is 18.2. The molecule has 0 saturated heterocycles. The van der Waals surface area contributed by atoms with Gasteiger partial charge < -0.3 is 9.67 Å². The number of Topliss-reactive ketones (excluding diaryl/α,β-unsaturated/α-hetero) is 1. The van der Waals surface area contributed by atoms with Crippen LogP contribution in [0.1, 0.15) is 22.8 Å². The van der Waals surface area contributed by atoms with Crippen molar-refractivity contribution in [2.45, 2.75) is 17.8 Å². The van der Waals surface area contributed by atoms with Crippen LogP contribution >= 0.6 is 11.8 Å². The summed E-state index contributed by atoms with van der Waals surface area (Å²) in [5.74, 6) is -0.793. The maximum absolute atomic E-state index is 13.4. The van der Waals surface area contributed by atoms with Crippen molar-refractivity contribution in [3.8, 4) is 5.75 Å². The molecule has 0 aliphatic carbocycles. The van der Waals surface area contributed by atoms with Gasteiger partial charge in [-0.2, -0.15) is 0 Å². The third-order valence-corrected chi connectivity index (χ3v) is 3.64. The highest BCUT2D eigenvalue weighted by atomic mass is 32.2. The van der Waals surface area contributed by atoms with Crippen molar-refractivity contribution in [1.29, 1.82) is 0 Å². The number of nitrogens with zero attached hydrogens (tertiary/aromatic N) is 3. The molecule has 100 valence electrons. The van der Waals surface area contributed by atoms with Crippen LogP contribution in [-0.2, 0) is 12.8 Å². The first-order valence-corrected chi connectivity index (χ1v) is 6.46. The Morgan fingerprint density at radius 1 is 1.53 bits per heavy atom. The van der Waals surface area contributed by atoms with E-state index >= 15 is 0 Å². The number of phenols is 1. The molecule has 2 aromatic rings. The number of benzene rings is 1. The van der Waals surface area contributed by atoms with Crippen molar-refractivity contribution < 1.29 is 14.3 Å². The molecule has 1 aromatic heterocycles. The monoisotopic (exact) mass is 281 g/mol. The molecule has 0 radical (unpaired) electrons. The molecule has 0 fully saturated rings. The summed E-state index contributed by atoms with van der Waals surface area (Å²) in [4.78, 5) is 11.3. The van der Waals surface area contributed by atoms with Gasteiger partial charge in [0.15, 0.2) is 10.9 Å². The number of aromatic hydroxyl groups is 1. The molecule has 0 aliphatic heterocycles. The average molecular weight is 281 g/mol. The van der Waals surface area contributed by atoms with Crippen LogP contribution in [0.15, 0.2) is 23.6 Å². The van der Waals surface area contributed by atoms with Crippen LogP contribution in [0.25, 0.3) is 0 Å². The van der Waals surface area contributed by atoms with E-state index in [0.717, 1.165) is 6.07 Å². The van der Waals surface area contributed by atoms with Gasteiger partial charge in [-0.3, -0.25) is 4.79 Å². The Balaban J connectivity index is 2.25. The molecule has 0 amide bonds. The third kappa shape index (κ3) is 2.93. The molecule has 7 heteroatoms. The van der Waals surface area contributed by atoms with Crippen molar-refractivity contribution in [2.75, 3.05) is 0 Å². The molecule has 0 saturated carbocycles. The van der Waals surface area contributed by atoms with E-state index in [1.807, 2.05) is 0 Å². The van der Waals surface area contributed by atoms with Gasteiger partial charge in [-0.1, -0.05) is 11.8 Å². The predicted molar refractivity (Wildman–Crippen MR) is 68.6 cm³/mol. The van der Waals surface area contributed by atoms with E-state index in [0.29, 0.717) is 16.5 Å². The molecule has 0 bridgehead atoms. The van der Waals surface area contributed by atoms with Crippen LogP contribution < -0.4 is 0 Å². The Labute approximate surface area is 113 Å².